The van der Waals surface area contributed by atoms with Crippen LogP contribution < -0.4 is 10.1 Å². The number of esters is 1. The molecule has 0 saturated heterocycles. The molecule has 1 atom stereocenters. The van der Waals surface area contributed by atoms with Crippen LogP contribution in [0.1, 0.15) is 12.5 Å². The van der Waals surface area contributed by atoms with Crippen molar-refractivity contribution in [1.29, 1.82) is 0 Å². The summed E-state index contributed by atoms with van der Waals surface area (Å²) >= 11 is 0. The van der Waals surface area contributed by atoms with Crippen molar-refractivity contribution in [2.45, 2.75) is 19.2 Å². The minimum absolute atomic E-state index is 0.303. The monoisotopic (exact) mass is 412 g/mol. The Kier molecular flexibility index (Phi) is 6.75. The number of ether oxygens (including phenoxy) is 2. The first kappa shape index (κ1) is 21.7. The molecule has 0 aliphatic carbocycles. The van der Waals surface area contributed by atoms with Gasteiger partial charge in [-0.3, -0.25) is 14.9 Å². The van der Waals surface area contributed by atoms with Gasteiger partial charge in [-0.1, -0.05) is 18.2 Å². The van der Waals surface area contributed by atoms with Gasteiger partial charge in [0.05, 0.1) is 10.5 Å². The molecule has 0 unspecified atom stereocenters. The smallest absolute Gasteiger partial charge is 0.416 e. The van der Waals surface area contributed by atoms with E-state index >= 15 is 0 Å². The molecule has 0 saturated carbocycles. The molecular weight excluding hydrogens is 397 g/mol. The van der Waals surface area contributed by atoms with E-state index in [1.54, 1.807) is 30.3 Å². The highest BCUT2D eigenvalue weighted by atomic mass is 19.4. The number of carbonyl (C=O) groups is 2. The van der Waals surface area contributed by atoms with Crippen LogP contribution in [0.3, 0.4) is 0 Å². The Morgan fingerprint density at radius 1 is 1.17 bits per heavy atom. The van der Waals surface area contributed by atoms with E-state index in [-0.39, 0.29) is 0 Å². The summed E-state index contributed by atoms with van der Waals surface area (Å²) < 4.78 is 48.1. The highest BCUT2D eigenvalue weighted by molar-refractivity contribution is 5.95. The van der Waals surface area contributed by atoms with Gasteiger partial charge in [-0.2, -0.15) is 13.2 Å². The predicted molar refractivity (Wildman–Crippen MR) is 94.2 cm³/mol. The van der Waals surface area contributed by atoms with Gasteiger partial charge in [-0.15, -0.1) is 0 Å². The number of para-hydroxylation sites is 1. The van der Waals surface area contributed by atoms with Crippen LogP contribution in [0, 0.1) is 10.1 Å². The molecule has 0 aromatic heterocycles. The van der Waals surface area contributed by atoms with E-state index in [0.29, 0.717) is 17.9 Å². The number of nitro benzene ring substituents is 1. The Hall–Kier alpha value is -3.63. The molecule has 1 amide bonds. The second-order valence-electron chi connectivity index (χ2n) is 5.72. The molecule has 2 aromatic rings. The van der Waals surface area contributed by atoms with Gasteiger partial charge in [0.25, 0.3) is 11.6 Å². The van der Waals surface area contributed by atoms with Crippen LogP contribution >= 0.6 is 0 Å². The van der Waals surface area contributed by atoms with Crippen LogP contribution in [0.4, 0.5) is 24.5 Å². The van der Waals surface area contributed by atoms with Gasteiger partial charge in [0, 0.05) is 6.07 Å². The van der Waals surface area contributed by atoms with E-state index in [2.05, 4.69) is 0 Å². The number of halogens is 3. The van der Waals surface area contributed by atoms with Crippen LogP contribution in [0.15, 0.2) is 48.5 Å². The van der Waals surface area contributed by atoms with Gasteiger partial charge in [0.1, 0.15) is 11.4 Å². The van der Waals surface area contributed by atoms with E-state index in [1.807, 2.05) is 5.32 Å². The van der Waals surface area contributed by atoms with Crippen molar-refractivity contribution in [3.05, 3.63) is 64.2 Å². The van der Waals surface area contributed by atoms with E-state index in [4.69, 9.17) is 9.47 Å². The maximum Gasteiger partial charge on any atom is 0.416 e. The van der Waals surface area contributed by atoms with Crippen LogP contribution in [-0.4, -0.2) is 29.5 Å². The summed E-state index contributed by atoms with van der Waals surface area (Å²) in [5.74, 6) is -1.43. The second-order valence-corrected chi connectivity index (χ2v) is 5.72. The molecule has 2 aromatic carbocycles. The normalized spacial score (nSPS) is 12.0. The fourth-order valence-electron chi connectivity index (χ4n) is 2.16. The molecule has 154 valence electrons. The Morgan fingerprint density at radius 3 is 2.41 bits per heavy atom. The first-order valence-corrected chi connectivity index (χ1v) is 8.11. The topological polar surface area (TPSA) is 108 Å². The lowest BCUT2D eigenvalue weighted by atomic mass is 10.1. The molecule has 0 radical (unpaired) electrons. The number of anilines is 1. The summed E-state index contributed by atoms with van der Waals surface area (Å²) in [5.41, 5.74) is -2.64. The summed E-state index contributed by atoms with van der Waals surface area (Å²) in [6.07, 6.45) is -5.82. The molecule has 0 heterocycles. The molecule has 0 aliphatic rings. The number of alkyl halides is 3. The molecule has 2 rings (SSSR count). The number of nitrogens with one attached hydrogen (secondary N) is 1. The summed E-state index contributed by atoms with van der Waals surface area (Å²) in [7, 11) is 0. The maximum absolute atomic E-state index is 12.7. The third-order valence-electron chi connectivity index (χ3n) is 3.53. The van der Waals surface area contributed by atoms with Crippen molar-refractivity contribution >= 4 is 23.3 Å². The van der Waals surface area contributed by atoms with Crippen molar-refractivity contribution < 1.29 is 37.2 Å². The van der Waals surface area contributed by atoms with Gasteiger partial charge >= 0.3 is 12.1 Å². The zero-order valence-electron chi connectivity index (χ0n) is 14.9. The van der Waals surface area contributed by atoms with Crippen molar-refractivity contribution in [2.24, 2.45) is 0 Å². The number of hydrogen-bond donors (Lipinski definition) is 1. The van der Waals surface area contributed by atoms with Gasteiger partial charge in [-0.05, 0) is 31.2 Å². The lowest BCUT2D eigenvalue weighted by Gasteiger charge is -2.14. The number of nitro groups is 1. The molecule has 11 heteroatoms. The molecule has 8 nitrogen and oxygen atoms in total. The molecule has 0 fully saturated rings. The van der Waals surface area contributed by atoms with E-state index in [1.165, 1.54) is 6.92 Å². The zero-order valence-corrected chi connectivity index (χ0v) is 14.9. The molecule has 0 spiro atoms. The third kappa shape index (κ3) is 6.19. The minimum Gasteiger partial charge on any atom is -0.479 e. The third-order valence-corrected chi connectivity index (χ3v) is 3.53. The second kappa shape index (κ2) is 9.04. The quantitative estimate of drug-likeness (QED) is 0.423. The van der Waals surface area contributed by atoms with Crippen LogP contribution in [0.2, 0.25) is 0 Å². The lowest BCUT2D eigenvalue weighted by Crippen LogP contribution is -2.29. The van der Waals surface area contributed by atoms with Crippen molar-refractivity contribution in [3.8, 4) is 5.75 Å². The highest BCUT2D eigenvalue weighted by Crippen LogP contribution is 2.34. The molecular formula is C18H15F3N2O6. The van der Waals surface area contributed by atoms with Crippen molar-refractivity contribution in [2.75, 3.05) is 11.9 Å². The van der Waals surface area contributed by atoms with Gasteiger partial charge in [0.2, 0.25) is 0 Å². The highest BCUT2D eigenvalue weighted by Gasteiger charge is 2.33. The Morgan fingerprint density at radius 2 is 1.83 bits per heavy atom. The summed E-state index contributed by atoms with van der Waals surface area (Å²) in [6.45, 7) is 0.591. The summed E-state index contributed by atoms with van der Waals surface area (Å²) in [4.78, 5) is 33.7. The number of carbonyl (C=O) groups excluding carboxylic acids is 2. The number of amides is 1. The van der Waals surface area contributed by atoms with Crippen LogP contribution in [-0.2, 0) is 20.5 Å². The van der Waals surface area contributed by atoms with Crippen molar-refractivity contribution in [1.82, 2.24) is 0 Å². The molecule has 1 N–H and O–H groups in total. The molecule has 0 bridgehead atoms. The number of benzene rings is 2. The largest absolute Gasteiger partial charge is 0.479 e. The van der Waals surface area contributed by atoms with Gasteiger partial charge in [0.15, 0.2) is 12.7 Å². The Labute approximate surface area is 162 Å². The first-order chi connectivity index (χ1) is 13.6. The Bertz CT molecular complexity index is 902. The maximum atomic E-state index is 12.7. The standard InChI is InChI=1S/C18H15F3N2O6/c1-11(29-13-5-3-2-4-6-13)17(25)28-10-16(24)22-14-8-7-12(18(19,20)21)9-15(14)23(26)27/h2-9,11H,10H2,1H3,(H,22,24)/t11-/m1/s1. The van der Waals surface area contributed by atoms with E-state index in [9.17, 15) is 32.9 Å². The molecule has 0 aliphatic heterocycles. The fourth-order valence-corrected chi connectivity index (χ4v) is 2.16. The average molecular weight is 412 g/mol. The fraction of sp³-hybridized carbons (Fsp3) is 0.222. The van der Waals surface area contributed by atoms with Crippen LogP contribution in [0.25, 0.3) is 0 Å². The summed E-state index contributed by atoms with van der Waals surface area (Å²) in [5, 5.41) is 13.0. The number of hydrogen-bond acceptors (Lipinski definition) is 6. The number of nitrogens with zero attached hydrogens (tertiary/aromatic N) is 1. The molecule has 29 heavy (non-hydrogen) atoms. The SMILES string of the molecule is C[C@@H](Oc1ccccc1)C(=O)OCC(=O)Nc1ccc(C(F)(F)F)cc1[N+](=O)[O-]. The minimum atomic E-state index is -4.78. The average Bonchev–Trinajstić information content (AvgIpc) is 2.66. The van der Waals surface area contributed by atoms with Gasteiger partial charge < -0.3 is 14.8 Å². The van der Waals surface area contributed by atoms with E-state index < -0.39 is 52.6 Å². The van der Waals surface area contributed by atoms with Crippen LogP contribution in [0.5, 0.6) is 5.75 Å². The van der Waals surface area contributed by atoms with Crippen molar-refractivity contribution in [3.63, 3.8) is 0 Å². The van der Waals surface area contributed by atoms with E-state index in [0.717, 1.165) is 6.07 Å². The number of rotatable bonds is 7. The predicted octanol–water partition coefficient (Wildman–Crippen LogP) is 3.56. The summed E-state index contributed by atoms with van der Waals surface area (Å²) in [6, 6.07) is 10.0. The zero-order chi connectivity index (χ0) is 21.6. The Balaban J connectivity index is 1.96. The first-order valence-electron chi connectivity index (χ1n) is 8.11. The lowest BCUT2D eigenvalue weighted by molar-refractivity contribution is -0.384. The van der Waals surface area contributed by atoms with Gasteiger partial charge in [-0.25, -0.2) is 4.79 Å².